The number of nitrogens with one attached hydrogen (secondary N) is 1. The topological polar surface area (TPSA) is 69.6 Å². The Hall–Kier alpha value is -1.26. The van der Waals surface area contributed by atoms with Gasteiger partial charge < -0.3 is 15.3 Å². The monoisotopic (exact) mass is 254 g/mol. The predicted octanol–water partition coefficient (Wildman–Crippen LogP) is 1.83. The molecule has 0 bridgehead atoms. The van der Waals surface area contributed by atoms with Gasteiger partial charge in [0.05, 0.1) is 0 Å². The van der Waals surface area contributed by atoms with E-state index >= 15 is 0 Å². The van der Waals surface area contributed by atoms with Crippen LogP contribution in [0.15, 0.2) is 0 Å². The van der Waals surface area contributed by atoms with E-state index in [-0.39, 0.29) is 6.03 Å². The molecule has 0 aromatic carbocycles. The molecule has 2 amide bonds. The fraction of sp³-hybridized carbons (Fsp3) is 0.846. The zero-order chi connectivity index (χ0) is 13.2. The van der Waals surface area contributed by atoms with Gasteiger partial charge in [0.15, 0.2) is 0 Å². The highest BCUT2D eigenvalue weighted by Gasteiger charge is 2.46. The van der Waals surface area contributed by atoms with Gasteiger partial charge in [0, 0.05) is 13.1 Å². The minimum Gasteiger partial charge on any atom is -0.480 e. The molecule has 0 spiro atoms. The average Bonchev–Trinajstić information content (AvgIpc) is 3.05. The van der Waals surface area contributed by atoms with E-state index in [2.05, 4.69) is 5.32 Å². The largest absolute Gasteiger partial charge is 0.480 e. The number of carbonyl (C=O) groups is 2. The smallest absolute Gasteiger partial charge is 0.329 e. The number of carboxylic acid groups (broad SMARTS) is 1. The Morgan fingerprint density at radius 3 is 2.44 bits per heavy atom. The number of hydrogen-bond donors (Lipinski definition) is 2. The van der Waals surface area contributed by atoms with Crippen LogP contribution in [0, 0.1) is 5.92 Å². The van der Waals surface area contributed by atoms with Crippen molar-refractivity contribution in [3.63, 3.8) is 0 Å². The summed E-state index contributed by atoms with van der Waals surface area (Å²) in [6.07, 6.45) is 5.27. The normalized spacial score (nSPS) is 20.9. The van der Waals surface area contributed by atoms with Crippen LogP contribution in [-0.4, -0.2) is 40.6 Å². The third kappa shape index (κ3) is 2.76. The highest BCUT2D eigenvalue weighted by molar-refractivity contribution is 5.87. The summed E-state index contributed by atoms with van der Waals surface area (Å²) < 4.78 is 0. The number of aliphatic carboxylic acids is 1. The van der Waals surface area contributed by atoms with Crippen molar-refractivity contribution in [2.45, 2.75) is 51.0 Å². The highest BCUT2D eigenvalue weighted by atomic mass is 16.4. The Labute approximate surface area is 108 Å². The van der Waals surface area contributed by atoms with Crippen molar-refractivity contribution in [1.82, 2.24) is 10.2 Å². The molecular formula is C13H22N2O3. The molecule has 2 N–H and O–H groups in total. The van der Waals surface area contributed by atoms with Gasteiger partial charge in [-0.05, 0) is 44.4 Å². The third-order valence-corrected chi connectivity index (χ3v) is 3.92. The Bertz CT molecular complexity index is 335. The van der Waals surface area contributed by atoms with E-state index in [4.69, 9.17) is 0 Å². The number of urea groups is 1. The van der Waals surface area contributed by atoms with E-state index in [1.165, 1.54) is 12.8 Å². The summed E-state index contributed by atoms with van der Waals surface area (Å²) in [5.41, 5.74) is -0.993. The maximum absolute atomic E-state index is 12.2. The summed E-state index contributed by atoms with van der Waals surface area (Å²) >= 11 is 0. The third-order valence-electron chi connectivity index (χ3n) is 3.92. The van der Waals surface area contributed by atoms with Crippen molar-refractivity contribution in [3.05, 3.63) is 0 Å². The summed E-state index contributed by atoms with van der Waals surface area (Å²) in [5, 5.41) is 11.9. The average molecular weight is 254 g/mol. The van der Waals surface area contributed by atoms with Gasteiger partial charge in [-0.1, -0.05) is 6.92 Å². The maximum Gasteiger partial charge on any atom is 0.329 e. The summed E-state index contributed by atoms with van der Waals surface area (Å²) in [6.45, 7) is 3.51. The molecule has 5 nitrogen and oxygen atoms in total. The van der Waals surface area contributed by atoms with Gasteiger partial charge in [0.1, 0.15) is 5.54 Å². The summed E-state index contributed by atoms with van der Waals surface area (Å²) in [4.78, 5) is 25.2. The number of carboxylic acids is 1. The number of nitrogens with zero attached hydrogens (tertiary/aromatic N) is 1. The van der Waals surface area contributed by atoms with Crippen molar-refractivity contribution in [2.24, 2.45) is 5.92 Å². The molecule has 2 aliphatic rings. The molecule has 18 heavy (non-hydrogen) atoms. The Morgan fingerprint density at radius 1 is 1.39 bits per heavy atom. The van der Waals surface area contributed by atoms with Crippen LogP contribution in [0.5, 0.6) is 0 Å². The van der Waals surface area contributed by atoms with E-state index in [0.717, 1.165) is 19.4 Å². The van der Waals surface area contributed by atoms with Crippen LogP contribution >= 0.6 is 0 Å². The van der Waals surface area contributed by atoms with Gasteiger partial charge in [0.25, 0.3) is 0 Å². The first kappa shape index (κ1) is 13.2. The molecule has 0 aromatic heterocycles. The number of amides is 2. The van der Waals surface area contributed by atoms with Crippen molar-refractivity contribution in [2.75, 3.05) is 13.1 Å². The number of hydrogen-bond acceptors (Lipinski definition) is 2. The van der Waals surface area contributed by atoms with Gasteiger partial charge in [-0.3, -0.25) is 0 Å². The lowest BCUT2D eigenvalue weighted by atomic mass is 9.77. The minimum atomic E-state index is -0.993. The van der Waals surface area contributed by atoms with Gasteiger partial charge in [-0.25, -0.2) is 9.59 Å². The molecule has 0 radical (unpaired) electrons. The quantitative estimate of drug-likeness (QED) is 0.759. The number of carbonyl (C=O) groups excluding carboxylic acids is 1. The van der Waals surface area contributed by atoms with E-state index in [1.54, 1.807) is 4.90 Å². The van der Waals surface area contributed by atoms with Crippen molar-refractivity contribution < 1.29 is 14.7 Å². The molecule has 0 aromatic rings. The van der Waals surface area contributed by atoms with E-state index in [0.29, 0.717) is 25.3 Å². The molecule has 0 aliphatic heterocycles. The molecule has 0 unspecified atom stereocenters. The lowest BCUT2D eigenvalue weighted by molar-refractivity contribution is -0.148. The van der Waals surface area contributed by atoms with Crippen LogP contribution in [0.1, 0.15) is 45.4 Å². The first-order valence-corrected chi connectivity index (χ1v) is 6.88. The van der Waals surface area contributed by atoms with Crippen LogP contribution in [0.25, 0.3) is 0 Å². The Kier molecular flexibility index (Phi) is 3.78. The van der Waals surface area contributed by atoms with Gasteiger partial charge in [-0.15, -0.1) is 0 Å². The van der Waals surface area contributed by atoms with Crippen LogP contribution < -0.4 is 5.32 Å². The van der Waals surface area contributed by atoms with Crippen molar-refractivity contribution >= 4 is 12.0 Å². The molecule has 0 saturated heterocycles. The Morgan fingerprint density at radius 2 is 2.06 bits per heavy atom. The van der Waals surface area contributed by atoms with Crippen LogP contribution in [0.2, 0.25) is 0 Å². The molecule has 2 fully saturated rings. The van der Waals surface area contributed by atoms with Gasteiger partial charge in [-0.2, -0.15) is 0 Å². The fourth-order valence-electron chi connectivity index (χ4n) is 2.36. The fourth-order valence-corrected chi connectivity index (χ4v) is 2.36. The zero-order valence-corrected chi connectivity index (χ0v) is 10.9. The van der Waals surface area contributed by atoms with E-state index < -0.39 is 11.5 Å². The second-order valence-electron chi connectivity index (χ2n) is 5.56. The van der Waals surface area contributed by atoms with E-state index in [9.17, 15) is 14.7 Å². The van der Waals surface area contributed by atoms with Crippen LogP contribution in [0.4, 0.5) is 4.79 Å². The molecular weight excluding hydrogens is 232 g/mol. The van der Waals surface area contributed by atoms with Crippen molar-refractivity contribution in [1.29, 1.82) is 0 Å². The van der Waals surface area contributed by atoms with Gasteiger partial charge >= 0.3 is 12.0 Å². The Balaban J connectivity index is 1.92. The zero-order valence-electron chi connectivity index (χ0n) is 10.9. The molecule has 2 saturated carbocycles. The summed E-state index contributed by atoms with van der Waals surface area (Å²) in [5.74, 6) is -0.269. The summed E-state index contributed by atoms with van der Waals surface area (Å²) in [7, 11) is 0. The first-order valence-electron chi connectivity index (χ1n) is 6.88. The molecule has 5 heteroatoms. The lowest BCUT2D eigenvalue weighted by Crippen LogP contribution is -2.61. The molecule has 0 atom stereocenters. The second kappa shape index (κ2) is 5.16. The van der Waals surface area contributed by atoms with Crippen LogP contribution in [0.3, 0.4) is 0 Å². The molecule has 2 rings (SSSR count). The van der Waals surface area contributed by atoms with E-state index in [1.807, 2.05) is 6.92 Å². The predicted molar refractivity (Wildman–Crippen MR) is 67.3 cm³/mol. The standard InChI is InChI=1S/C13H22N2O3/c1-2-8-15(9-10-4-5-10)12(18)14-13(11(16)17)6-3-7-13/h10H,2-9H2,1H3,(H,14,18)(H,16,17). The molecule has 2 aliphatic carbocycles. The lowest BCUT2D eigenvalue weighted by Gasteiger charge is -2.39. The molecule has 0 heterocycles. The SMILES string of the molecule is CCCN(CC1CC1)C(=O)NC1(C(=O)O)CCC1. The second-order valence-corrected chi connectivity index (χ2v) is 5.56. The summed E-state index contributed by atoms with van der Waals surface area (Å²) in [6, 6.07) is -0.203. The molecule has 102 valence electrons. The number of rotatable bonds is 6. The highest BCUT2D eigenvalue weighted by Crippen LogP contribution is 2.33. The van der Waals surface area contributed by atoms with Crippen molar-refractivity contribution in [3.8, 4) is 0 Å². The van der Waals surface area contributed by atoms with Gasteiger partial charge in [0.2, 0.25) is 0 Å². The maximum atomic E-state index is 12.2. The first-order chi connectivity index (χ1) is 8.57. The van der Waals surface area contributed by atoms with Crippen LogP contribution in [-0.2, 0) is 4.79 Å². The minimum absolute atomic E-state index is 0.203.